The molecule has 2 rings (SSSR count). The standard InChI is InChI=1S/C13H18N2O5/c1-8-11(12(16)17)4-10(20-8)6-15-13(18)14-5-9-2-3-19-7-9/h4,9H,2-3,5-7H2,1H3,(H,16,17)(H2,14,15,18). The monoisotopic (exact) mass is 282 g/mol. The number of urea groups is 1. The summed E-state index contributed by atoms with van der Waals surface area (Å²) in [5.74, 6) is 0.0745. The molecule has 0 aliphatic carbocycles. The van der Waals surface area contributed by atoms with Crippen LogP contribution in [-0.2, 0) is 11.3 Å². The number of amides is 2. The molecule has 0 spiro atoms. The van der Waals surface area contributed by atoms with Gasteiger partial charge in [-0.3, -0.25) is 0 Å². The van der Waals surface area contributed by atoms with Gasteiger partial charge in [0.25, 0.3) is 0 Å². The van der Waals surface area contributed by atoms with Crippen molar-refractivity contribution in [1.29, 1.82) is 0 Å². The van der Waals surface area contributed by atoms with Gasteiger partial charge in [-0.15, -0.1) is 0 Å². The maximum atomic E-state index is 11.6. The van der Waals surface area contributed by atoms with Gasteiger partial charge in [-0.05, 0) is 19.4 Å². The highest BCUT2D eigenvalue weighted by atomic mass is 16.5. The Labute approximate surface area is 116 Å². The molecule has 7 heteroatoms. The first-order valence-corrected chi connectivity index (χ1v) is 6.48. The fourth-order valence-electron chi connectivity index (χ4n) is 2.05. The van der Waals surface area contributed by atoms with Crippen LogP contribution in [0, 0.1) is 12.8 Å². The number of hydrogen-bond acceptors (Lipinski definition) is 4. The van der Waals surface area contributed by atoms with Crippen LogP contribution in [0.4, 0.5) is 4.79 Å². The van der Waals surface area contributed by atoms with Crippen LogP contribution in [0.1, 0.15) is 28.3 Å². The molecule has 2 amide bonds. The van der Waals surface area contributed by atoms with E-state index in [0.717, 1.165) is 13.0 Å². The molecule has 0 aromatic carbocycles. The Hall–Kier alpha value is -2.02. The van der Waals surface area contributed by atoms with Crippen molar-refractivity contribution in [1.82, 2.24) is 10.6 Å². The van der Waals surface area contributed by atoms with Gasteiger partial charge < -0.3 is 24.9 Å². The van der Waals surface area contributed by atoms with E-state index in [9.17, 15) is 9.59 Å². The SMILES string of the molecule is Cc1oc(CNC(=O)NCC2CCOC2)cc1C(=O)O. The van der Waals surface area contributed by atoms with Crippen molar-refractivity contribution in [2.24, 2.45) is 5.92 Å². The molecule has 7 nitrogen and oxygen atoms in total. The summed E-state index contributed by atoms with van der Waals surface area (Å²) >= 11 is 0. The molecule has 1 unspecified atom stereocenters. The van der Waals surface area contributed by atoms with Crippen molar-refractivity contribution in [3.63, 3.8) is 0 Å². The molecule has 1 aliphatic heterocycles. The van der Waals surface area contributed by atoms with Crippen LogP contribution in [0.3, 0.4) is 0 Å². The predicted octanol–water partition coefficient (Wildman–Crippen LogP) is 1.12. The number of ether oxygens (including phenoxy) is 1. The van der Waals surface area contributed by atoms with E-state index in [2.05, 4.69) is 10.6 Å². The van der Waals surface area contributed by atoms with Crippen molar-refractivity contribution in [3.05, 3.63) is 23.2 Å². The number of carbonyl (C=O) groups is 2. The van der Waals surface area contributed by atoms with Crippen LogP contribution in [-0.4, -0.2) is 36.9 Å². The summed E-state index contributed by atoms with van der Waals surface area (Å²) in [4.78, 5) is 22.4. The number of hydrogen-bond donors (Lipinski definition) is 3. The van der Waals surface area contributed by atoms with Crippen LogP contribution < -0.4 is 10.6 Å². The molecule has 1 aromatic rings. The molecule has 0 bridgehead atoms. The quantitative estimate of drug-likeness (QED) is 0.751. The highest BCUT2D eigenvalue weighted by molar-refractivity contribution is 5.88. The summed E-state index contributed by atoms with van der Waals surface area (Å²) in [6.07, 6.45) is 0.958. The number of aryl methyl sites for hydroxylation is 1. The topological polar surface area (TPSA) is 101 Å². The summed E-state index contributed by atoms with van der Waals surface area (Å²) in [6.45, 7) is 3.73. The van der Waals surface area contributed by atoms with Gasteiger partial charge in [0.05, 0.1) is 13.2 Å². The van der Waals surface area contributed by atoms with Crippen molar-refractivity contribution < 1.29 is 23.8 Å². The molecule has 0 radical (unpaired) electrons. The third-order valence-corrected chi connectivity index (χ3v) is 3.20. The summed E-state index contributed by atoms with van der Waals surface area (Å²) in [6, 6.07) is 1.12. The van der Waals surface area contributed by atoms with Gasteiger partial charge in [0.2, 0.25) is 0 Å². The number of aromatic carboxylic acids is 1. The number of nitrogens with one attached hydrogen (secondary N) is 2. The van der Waals surface area contributed by atoms with Crippen LogP contribution >= 0.6 is 0 Å². The van der Waals surface area contributed by atoms with Crippen molar-refractivity contribution in [3.8, 4) is 0 Å². The van der Waals surface area contributed by atoms with Gasteiger partial charge in [0, 0.05) is 19.1 Å². The Kier molecular flexibility index (Phi) is 4.62. The Morgan fingerprint density at radius 1 is 1.45 bits per heavy atom. The van der Waals surface area contributed by atoms with E-state index in [0.29, 0.717) is 30.6 Å². The zero-order chi connectivity index (χ0) is 14.5. The van der Waals surface area contributed by atoms with Gasteiger partial charge >= 0.3 is 12.0 Å². The molecule has 1 saturated heterocycles. The molecular formula is C13H18N2O5. The lowest BCUT2D eigenvalue weighted by Crippen LogP contribution is -2.37. The molecule has 1 fully saturated rings. The minimum atomic E-state index is -1.04. The summed E-state index contributed by atoms with van der Waals surface area (Å²) in [5.41, 5.74) is 0.116. The van der Waals surface area contributed by atoms with Gasteiger partial charge in [-0.2, -0.15) is 0 Å². The van der Waals surface area contributed by atoms with Crippen LogP contribution in [0.5, 0.6) is 0 Å². The Balaban J connectivity index is 1.75. The fourth-order valence-corrected chi connectivity index (χ4v) is 2.05. The van der Waals surface area contributed by atoms with E-state index in [1.54, 1.807) is 6.92 Å². The fraction of sp³-hybridized carbons (Fsp3) is 0.538. The first kappa shape index (κ1) is 14.4. The average molecular weight is 282 g/mol. The third kappa shape index (κ3) is 3.74. The molecular weight excluding hydrogens is 264 g/mol. The number of carboxylic acid groups (broad SMARTS) is 1. The molecule has 2 heterocycles. The normalized spacial score (nSPS) is 17.9. The molecule has 3 N–H and O–H groups in total. The zero-order valence-electron chi connectivity index (χ0n) is 11.3. The molecule has 20 heavy (non-hydrogen) atoms. The van der Waals surface area contributed by atoms with Crippen molar-refractivity contribution in [2.75, 3.05) is 19.8 Å². The second-order valence-electron chi connectivity index (χ2n) is 4.78. The van der Waals surface area contributed by atoms with Gasteiger partial charge in [-0.25, -0.2) is 9.59 Å². The lowest BCUT2D eigenvalue weighted by Gasteiger charge is -2.09. The number of carbonyl (C=O) groups excluding carboxylic acids is 1. The highest BCUT2D eigenvalue weighted by Gasteiger charge is 2.17. The molecule has 1 atom stereocenters. The van der Waals surface area contributed by atoms with Crippen LogP contribution in [0.25, 0.3) is 0 Å². The van der Waals surface area contributed by atoms with E-state index in [1.165, 1.54) is 6.07 Å². The zero-order valence-corrected chi connectivity index (χ0v) is 11.3. The largest absolute Gasteiger partial charge is 0.478 e. The van der Waals surface area contributed by atoms with Gasteiger partial charge in [-0.1, -0.05) is 0 Å². The predicted molar refractivity (Wildman–Crippen MR) is 69.6 cm³/mol. The lowest BCUT2D eigenvalue weighted by atomic mass is 10.1. The highest BCUT2D eigenvalue weighted by Crippen LogP contribution is 2.14. The van der Waals surface area contributed by atoms with E-state index in [1.807, 2.05) is 0 Å². The van der Waals surface area contributed by atoms with Crippen molar-refractivity contribution >= 4 is 12.0 Å². The summed E-state index contributed by atoms with van der Waals surface area (Å²) < 4.78 is 10.5. The number of furan rings is 1. The van der Waals surface area contributed by atoms with E-state index >= 15 is 0 Å². The van der Waals surface area contributed by atoms with E-state index in [4.69, 9.17) is 14.3 Å². The van der Waals surface area contributed by atoms with Crippen LogP contribution in [0.2, 0.25) is 0 Å². The summed E-state index contributed by atoms with van der Waals surface area (Å²) in [7, 11) is 0. The van der Waals surface area contributed by atoms with E-state index in [-0.39, 0.29) is 18.1 Å². The van der Waals surface area contributed by atoms with Crippen LogP contribution in [0.15, 0.2) is 10.5 Å². The van der Waals surface area contributed by atoms with E-state index < -0.39 is 5.97 Å². The second kappa shape index (κ2) is 6.42. The minimum absolute atomic E-state index is 0.116. The summed E-state index contributed by atoms with van der Waals surface area (Å²) in [5, 5.41) is 14.3. The second-order valence-corrected chi connectivity index (χ2v) is 4.78. The molecule has 110 valence electrons. The Morgan fingerprint density at radius 3 is 2.85 bits per heavy atom. The third-order valence-electron chi connectivity index (χ3n) is 3.20. The smallest absolute Gasteiger partial charge is 0.339 e. The average Bonchev–Trinajstić information content (AvgIpc) is 3.03. The van der Waals surface area contributed by atoms with Gasteiger partial charge in [0.1, 0.15) is 17.1 Å². The maximum absolute atomic E-state index is 11.6. The maximum Gasteiger partial charge on any atom is 0.339 e. The number of carboxylic acids is 1. The van der Waals surface area contributed by atoms with Crippen molar-refractivity contribution in [2.45, 2.75) is 19.9 Å². The lowest BCUT2D eigenvalue weighted by molar-refractivity contribution is 0.0695. The van der Waals surface area contributed by atoms with Gasteiger partial charge in [0.15, 0.2) is 0 Å². The Morgan fingerprint density at radius 2 is 2.25 bits per heavy atom. The minimum Gasteiger partial charge on any atom is -0.478 e. The molecule has 1 aliphatic rings. The molecule has 1 aromatic heterocycles. The Bertz CT molecular complexity index is 491. The number of rotatable bonds is 5. The first-order valence-electron chi connectivity index (χ1n) is 6.48. The molecule has 0 saturated carbocycles. The first-order chi connectivity index (χ1) is 9.56.